The van der Waals surface area contributed by atoms with Gasteiger partial charge >= 0.3 is 0 Å². The molecule has 4 N–H and O–H groups in total. The van der Waals surface area contributed by atoms with Crippen LogP contribution in [0.4, 0.5) is 5.82 Å². The molecule has 0 atom stereocenters. The van der Waals surface area contributed by atoms with Crippen LogP contribution in [0.5, 0.6) is 0 Å². The summed E-state index contributed by atoms with van der Waals surface area (Å²) in [6, 6.07) is 0. The van der Waals surface area contributed by atoms with Crippen molar-refractivity contribution in [2.45, 2.75) is 0 Å². The van der Waals surface area contributed by atoms with Crippen molar-refractivity contribution in [3.8, 4) is 11.8 Å². The van der Waals surface area contributed by atoms with Gasteiger partial charge in [-0.3, -0.25) is 9.48 Å². The van der Waals surface area contributed by atoms with E-state index in [1.807, 2.05) is 0 Å². The second-order valence-electron chi connectivity index (χ2n) is 2.18. The Bertz CT molecular complexity index is 368. The summed E-state index contributed by atoms with van der Waals surface area (Å²) in [5.41, 5.74) is 10.9. The number of nitrogen functional groups attached to an aromatic ring is 1. The number of amides is 1. The highest BCUT2D eigenvalue weighted by Crippen LogP contribution is 2.05. The molecule has 0 aliphatic heterocycles. The number of anilines is 1. The van der Waals surface area contributed by atoms with Gasteiger partial charge in [0.05, 0.1) is 11.8 Å². The lowest BCUT2D eigenvalue weighted by Crippen LogP contribution is -2.06. The molecule has 1 amide bonds. The number of primary amides is 1. The summed E-state index contributed by atoms with van der Waals surface area (Å²) in [6.45, 7) is 0. The molecule has 0 saturated heterocycles. The monoisotopic (exact) mass is 164 g/mol. The first-order chi connectivity index (χ1) is 5.61. The topological polar surface area (TPSA) is 86.9 Å². The van der Waals surface area contributed by atoms with Crippen molar-refractivity contribution in [2.24, 2.45) is 12.8 Å². The average molecular weight is 164 g/mol. The van der Waals surface area contributed by atoms with Gasteiger partial charge in [-0.1, -0.05) is 5.92 Å². The Morgan fingerprint density at radius 3 is 2.83 bits per heavy atom. The number of hydrogen-bond acceptors (Lipinski definition) is 3. The van der Waals surface area contributed by atoms with Gasteiger partial charge in [0.15, 0.2) is 0 Å². The number of carbonyl (C=O) groups is 1. The molecule has 0 fully saturated rings. The van der Waals surface area contributed by atoms with Crippen molar-refractivity contribution < 1.29 is 4.79 Å². The van der Waals surface area contributed by atoms with Crippen molar-refractivity contribution in [1.29, 1.82) is 0 Å². The number of nitrogens with zero attached hydrogens (tertiary/aromatic N) is 2. The van der Waals surface area contributed by atoms with Gasteiger partial charge in [-0.15, -0.1) is 0 Å². The maximum atomic E-state index is 10.3. The van der Waals surface area contributed by atoms with Crippen molar-refractivity contribution in [2.75, 3.05) is 5.73 Å². The van der Waals surface area contributed by atoms with E-state index >= 15 is 0 Å². The highest BCUT2D eigenvalue weighted by molar-refractivity contribution is 5.92. The Kier molecular flexibility index (Phi) is 2.01. The van der Waals surface area contributed by atoms with Crippen LogP contribution in [0.25, 0.3) is 0 Å². The van der Waals surface area contributed by atoms with E-state index in [4.69, 9.17) is 11.5 Å². The smallest absolute Gasteiger partial charge is 0.293 e. The van der Waals surface area contributed by atoms with E-state index in [1.54, 1.807) is 7.05 Å². The summed E-state index contributed by atoms with van der Waals surface area (Å²) in [5, 5.41) is 3.83. The normalized spacial score (nSPS) is 8.75. The van der Waals surface area contributed by atoms with E-state index in [9.17, 15) is 4.79 Å². The third-order valence-corrected chi connectivity index (χ3v) is 1.30. The van der Waals surface area contributed by atoms with Crippen molar-refractivity contribution in [3.63, 3.8) is 0 Å². The molecule has 62 valence electrons. The zero-order valence-electron chi connectivity index (χ0n) is 6.53. The first kappa shape index (κ1) is 8.14. The third kappa shape index (κ3) is 1.55. The van der Waals surface area contributed by atoms with Gasteiger partial charge in [-0.05, 0) is 0 Å². The summed E-state index contributed by atoms with van der Waals surface area (Å²) in [7, 11) is 1.69. The standard InChI is InChI=1S/C7H8N4O/c1-11-7(9)5(4-10-11)2-3-6(8)12/h4H,9H2,1H3,(H2,8,12). The molecule has 0 aromatic carbocycles. The molecule has 0 aliphatic carbocycles. The van der Waals surface area contributed by atoms with Crippen LogP contribution >= 0.6 is 0 Å². The largest absolute Gasteiger partial charge is 0.383 e. The highest BCUT2D eigenvalue weighted by Gasteiger charge is 1.99. The molecule has 1 aromatic rings. The molecular weight excluding hydrogens is 156 g/mol. The van der Waals surface area contributed by atoms with Crippen LogP contribution < -0.4 is 11.5 Å². The number of rotatable bonds is 0. The summed E-state index contributed by atoms with van der Waals surface area (Å²) in [5.74, 6) is 4.41. The van der Waals surface area contributed by atoms with E-state index in [0.717, 1.165) is 0 Å². The molecular formula is C7H8N4O. The fraction of sp³-hybridized carbons (Fsp3) is 0.143. The predicted octanol–water partition coefficient (Wildman–Crippen LogP) is -1.16. The molecule has 0 spiro atoms. The second-order valence-corrected chi connectivity index (χ2v) is 2.18. The van der Waals surface area contributed by atoms with Crippen LogP contribution in [0.1, 0.15) is 5.56 Å². The van der Waals surface area contributed by atoms with Crippen molar-refractivity contribution >= 4 is 11.7 Å². The molecule has 0 saturated carbocycles. The maximum Gasteiger partial charge on any atom is 0.293 e. The number of hydrogen-bond donors (Lipinski definition) is 2. The molecule has 0 bridgehead atoms. The molecule has 0 radical (unpaired) electrons. The Balaban J connectivity index is 3.00. The molecule has 5 nitrogen and oxygen atoms in total. The van der Waals surface area contributed by atoms with E-state index in [2.05, 4.69) is 16.9 Å². The van der Waals surface area contributed by atoms with Crippen LogP contribution in [-0.4, -0.2) is 15.7 Å². The van der Waals surface area contributed by atoms with Gasteiger partial charge in [0.1, 0.15) is 5.82 Å². The minimum Gasteiger partial charge on any atom is -0.383 e. The van der Waals surface area contributed by atoms with Gasteiger partial charge < -0.3 is 11.5 Å². The van der Waals surface area contributed by atoms with E-state index in [1.165, 1.54) is 10.9 Å². The van der Waals surface area contributed by atoms with Gasteiger partial charge in [0, 0.05) is 13.0 Å². The van der Waals surface area contributed by atoms with E-state index in [0.29, 0.717) is 11.4 Å². The summed E-state index contributed by atoms with van der Waals surface area (Å²) >= 11 is 0. The molecule has 1 heterocycles. The number of aromatic nitrogens is 2. The maximum absolute atomic E-state index is 10.3. The SMILES string of the molecule is Cn1ncc(C#CC(N)=O)c1N. The minimum absolute atomic E-state index is 0.420. The van der Waals surface area contributed by atoms with Crippen LogP contribution in [0.15, 0.2) is 6.20 Å². The van der Waals surface area contributed by atoms with Crippen LogP contribution in [-0.2, 0) is 11.8 Å². The molecule has 1 aromatic heterocycles. The molecule has 1 rings (SSSR count). The summed E-state index contributed by atoms with van der Waals surface area (Å²) in [6.07, 6.45) is 1.48. The summed E-state index contributed by atoms with van der Waals surface area (Å²) < 4.78 is 1.46. The lowest BCUT2D eigenvalue weighted by atomic mass is 10.3. The summed E-state index contributed by atoms with van der Waals surface area (Å²) in [4.78, 5) is 10.3. The number of nitrogens with two attached hydrogens (primary N) is 2. The van der Waals surface area contributed by atoms with Gasteiger partial charge in [0.2, 0.25) is 0 Å². The Hall–Kier alpha value is -1.96. The van der Waals surface area contributed by atoms with Crippen molar-refractivity contribution in [3.05, 3.63) is 11.8 Å². The van der Waals surface area contributed by atoms with Gasteiger partial charge in [-0.2, -0.15) is 5.10 Å². The quantitative estimate of drug-likeness (QED) is 0.474. The lowest BCUT2D eigenvalue weighted by Gasteiger charge is -1.91. The Morgan fingerprint density at radius 2 is 2.42 bits per heavy atom. The first-order valence-corrected chi connectivity index (χ1v) is 3.20. The zero-order chi connectivity index (χ0) is 9.14. The van der Waals surface area contributed by atoms with Crippen LogP contribution in [0, 0.1) is 11.8 Å². The molecule has 12 heavy (non-hydrogen) atoms. The van der Waals surface area contributed by atoms with E-state index < -0.39 is 5.91 Å². The molecule has 5 heteroatoms. The number of carbonyl (C=O) groups excluding carboxylic acids is 1. The van der Waals surface area contributed by atoms with E-state index in [-0.39, 0.29) is 0 Å². The van der Waals surface area contributed by atoms with Gasteiger partial charge in [0.25, 0.3) is 5.91 Å². The van der Waals surface area contributed by atoms with Crippen LogP contribution in [0.2, 0.25) is 0 Å². The fourth-order valence-electron chi connectivity index (χ4n) is 0.672. The van der Waals surface area contributed by atoms with Crippen molar-refractivity contribution in [1.82, 2.24) is 9.78 Å². The average Bonchev–Trinajstić information content (AvgIpc) is 2.30. The molecule has 0 unspecified atom stereocenters. The Labute approximate surface area is 69.3 Å². The van der Waals surface area contributed by atoms with Gasteiger partial charge in [-0.25, -0.2) is 0 Å². The first-order valence-electron chi connectivity index (χ1n) is 3.20. The Morgan fingerprint density at radius 1 is 1.75 bits per heavy atom. The zero-order valence-corrected chi connectivity index (χ0v) is 6.53. The fourth-order valence-corrected chi connectivity index (χ4v) is 0.672. The number of aryl methyl sites for hydroxylation is 1. The van der Waals surface area contributed by atoms with Crippen LogP contribution in [0.3, 0.4) is 0 Å². The molecule has 0 aliphatic rings. The lowest BCUT2D eigenvalue weighted by molar-refractivity contribution is -0.112. The third-order valence-electron chi connectivity index (χ3n) is 1.30. The predicted molar refractivity (Wildman–Crippen MR) is 43.7 cm³/mol. The second kappa shape index (κ2) is 2.96. The minimum atomic E-state index is -0.682. The highest BCUT2D eigenvalue weighted by atomic mass is 16.1.